The van der Waals surface area contributed by atoms with Gasteiger partial charge in [-0.2, -0.15) is 0 Å². The molecular formula is C14H19NO3. The maximum absolute atomic E-state index is 12.3. The highest BCUT2D eigenvalue weighted by atomic mass is 16.5. The minimum atomic E-state index is 0.0538. The Balaban J connectivity index is 2.20. The van der Waals surface area contributed by atoms with E-state index in [1.54, 1.807) is 32.4 Å². The summed E-state index contributed by atoms with van der Waals surface area (Å²) in [6.45, 7) is 0. The van der Waals surface area contributed by atoms with E-state index in [4.69, 9.17) is 15.2 Å². The number of carbonyl (C=O) groups is 1. The molecule has 0 bridgehead atoms. The van der Waals surface area contributed by atoms with Crippen LogP contribution in [0.25, 0.3) is 0 Å². The van der Waals surface area contributed by atoms with Gasteiger partial charge >= 0.3 is 0 Å². The van der Waals surface area contributed by atoms with E-state index in [9.17, 15) is 4.79 Å². The molecule has 1 aliphatic rings. The largest absolute Gasteiger partial charge is 0.493 e. The van der Waals surface area contributed by atoms with Crippen molar-refractivity contribution < 1.29 is 14.3 Å². The number of nitrogens with two attached hydrogens (primary N) is 1. The Labute approximate surface area is 107 Å². The molecule has 0 amide bonds. The fourth-order valence-electron chi connectivity index (χ4n) is 2.48. The summed E-state index contributed by atoms with van der Waals surface area (Å²) in [7, 11) is 3.15. The number of ether oxygens (including phenoxy) is 2. The quantitative estimate of drug-likeness (QED) is 0.829. The van der Waals surface area contributed by atoms with Gasteiger partial charge in [0.1, 0.15) is 0 Å². The zero-order valence-corrected chi connectivity index (χ0v) is 10.8. The zero-order chi connectivity index (χ0) is 13.1. The van der Waals surface area contributed by atoms with E-state index in [2.05, 4.69) is 0 Å². The van der Waals surface area contributed by atoms with Gasteiger partial charge < -0.3 is 15.2 Å². The first-order valence-electron chi connectivity index (χ1n) is 6.17. The van der Waals surface area contributed by atoms with Gasteiger partial charge in [-0.05, 0) is 37.5 Å². The van der Waals surface area contributed by atoms with Gasteiger partial charge in [-0.1, -0.05) is 0 Å². The van der Waals surface area contributed by atoms with Crippen LogP contribution in [-0.2, 0) is 0 Å². The van der Waals surface area contributed by atoms with Crippen molar-refractivity contribution in [2.75, 3.05) is 14.2 Å². The van der Waals surface area contributed by atoms with E-state index in [0.29, 0.717) is 17.1 Å². The second-order valence-corrected chi connectivity index (χ2v) is 4.70. The lowest BCUT2D eigenvalue weighted by Crippen LogP contribution is -2.18. The molecule has 98 valence electrons. The van der Waals surface area contributed by atoms with Gasteiger partial charge in [-0.15, -0.1) is 0 Å². The van der Waals surface area contributed by atoms with E-state index in [1.165, 1.54) is 0 Å². The lowest BCUT2D eigenvalue weighted by Gasteiger charge is -2.12. The number of rotatable bonds is 4. The van der Waals surface area contributed by atoms with Crippen LogP contribution in [0.2, 0.25) is 0 Å². The fraction of sp³-hybridized carbons (Fsp3) is 0.500. The highest BCUT2D eigenvalue weighted by Gasteiger charge is 2.28. The van der Waals surface area contributed by atoms with E-state index < -0.39 is 0 Å². The summed E-state index contributed by atoms with van der Waals surface area (Å²) in [5.41, 5.74) is 6.52. The van der Waals surface area contributed by atoms with Crippen LogP contribution in [0, 0.1) is 5.92 Å². The molecular weight excluding hydrogens is 230 g/mol. The highest BCUT2D eigenvalue weighted by molar-refractivity contribution is 5.98. The lowest BCUT2D eigenvalue weighted by molar-refractivity contribution is 0.0921. The van der Waals surface area contributed by atoms with E-state index in [1.807, 2.05) is 0 Å². The number of benzene rings is 1. The summed E-state index contributed by atoms with van der Waals surface area (Å²) in [6, 6.07) is 5.46. The molecule has 1 aromatic rings. The van der Waals surface area contributed by atoms with Crippen molar-refractivity contribution in [3.05, 3.63) is 23.8 Å². The third-order valence-corrected chi connectivity index (χ3v) is 3.51. The Morgan fingerprint density at radius 2 is 1.94 bits per heavy atom. The van der Waals surface area contributed by atoms with Crippen molar-refractivity contribution in [3.8, 4) is 11.5 Å². The molecule has 2 unspecified atom stereocenters. The normalized spacial score (nSPS) is 22.8. The summed E-state index contributed by atoms with van der Waals surface area (Å²) in [4.78, 5) is 12.3. The van der Waals surface area contributed by atoms with Crippen molar-refractivity contribution in [2.45, 2.75) is 25.3 Å². The molecule has 0 saturated heterocycles. The zero-order valence-electron chi connectivity index (χ0n) is 10.8. The average molecular weight is 249 g/mol. The Morgan fingerprint density at radius 1 is 1.22 bits per heavy atom. The summed E-state index contributed by atoms with van der Waals surface area (Å²) in [5.74, 6) is 1.44. The van der Waals surface area contributed by atoms with Crippen LogP contribution >= 0.6 is 0 Å². The average Bonchev–Trinajstić information content (AvgIpc) is 2.83. The molecule has 4 heteroatoms. The van der Waals surface area contributed by atoms with Crippen LogP contribution in [0.5, 0.6) is 11.5 Å². The van der Waals surface area contributed by atoms with Crippen molar-refractivity contribution in [3.63, 3.8) is 0 Å². The van der Waals surface area contributed by atoms with E-state index in [-0.39, 0.29) is 17.7 Å². The van der Waals surface area contributed by atoms with Crippen molar-refractivity contribution in [2.24, 2.45) is 11.7 Å². The minimum Gasteiger partial charge on any atom is -0.493 e. The first-order chi connectivity index (χ1) is 8.65. The molecule has 18 heavy (non-hydrogen) atoms. The van der Waals surface area contributed by atoms with Crippen LogP contribution in [0.1, 0.15) is 29.6 Å². The molecule has 0 radical (unpaired) electrons. The van der Waals surface area contributed by atoms with Crippen molar-refractivity contribution >= 4 is 5.78 Å². The van der Waals surface area contributed by atoms with Crippen LogP contribution in [0.4, 0.5) is 0 Å². The minimum absolute atomic E-state index is 0.0538. The third-order valence-electron chi connectivity index (χ3n) is 3.51. The molecule has 0 aromatic heterocycles. The second kappa shape index (κ2) is 5.40. The molecule has 2 rings (SSSR count). The smallest absolute Gasteiger partial charge is 0.166 e. The summed E-state index contributed by atoms with van der Waals surface area (Å²) < 4.78 is 10.4. The molecule has 2 N–H and O–H groups in total. The number of carbonyl (C=O) groups excluding carboxylic acids is 1. The van der Waals surface area contributed by atoms with Gasteiger partial charge in [0.2, 0.25) is 0 Å². The molecule has 1 fully saturated rings. The van der Waals surface area contributed by atoms with E-state index in [0.717, 1.165) is 19.3 Å². The van der Waals surface area contributed by atoms with Crippen LogP contribution in [-0.4, -0.2) is 26.0 Å². The summed E-state index contributed by atoms with van der Waals surface area (Å²) in [5, 5.41) is 0. The summed E-state index contributed by atoms with van der Waals surface area (Å²) in [6.07, 6.45) is 2.60. The SMILES string of the molecule is COc1ccc(C(=O)C2CCC(N)C2)cc1OC. The van der Waals surface area contributed by atoms with Gasteiger partial charge in [0.15, 0.2) is 17.3 Å². The predicted molar refractivity (Wildman–Crippen MR) is 69.2 cm³/mol. The Hall–Kier alpha value is -1.55. The third kappa shape index (κ3) is 2.48. The second-order valence-electron chi connectivity index (χ2n) is 4.70. The number of Topliss-reactive ketones (excluding diaryl/α,β-unsaturated/α-hetero) is 1. The monoisotopic (exact) mass is 249 g/mol. The van der Waals surface area contributed by atoms with E-state index >= 15 is 0 Å². The molecule has 4 nitrogen and oxygen atoms in total. The van der Waals surface area contributed by atoms with Crippen molar-refractivity contribution in [1.82, 2.24) is 0 Å². The van der Waals surface area contributed by atoms with Gasteiger partial charge in [-0.25, -0.2) is 0 Å². The first-order valence-corrected chi connectivity index (χ1v) is 6.17. The van der Waals surface area contributed by atoms with Crippen LogP contribution in [0.3, 0.4) is 0 Å². The lowest BCUT2D eigenvalue weighted by atomic mass is 9.96. The van der Waals surface area contributed by atoms with Gasteiger partial charge in [-0.3, -0.25) is 4.79 Å². The molecule has 0 heterocycles. The Morgan fingerprint density at radius 3 is 2.50 bits per heavy atom. The molecule has 0 aliphatic heterocycles. The predicted octanol–water partition coefficient (Wildman–Crippen LogP) is 2.01. The Kier molecular flexibility index (Phi) is 3.87. The van der Waals surface area contributed by atoms with Crippen LogP contribution in [0.15, 0.2) is 18.2 Å². The number of methoxy groups -OCH3 is 2. The fourth-order valence-corrected chi connectivity index (χ4v) is 2.48. The molecule has 2 atom stereocenters. The maximum atomic E-state index is 12.3. The molecule has 0 spiro atoms. The standard InChI is InChI=1S/C14H19NO3/c1-17-12-6-4-10(8-13(12)18-2)14(16)9-3-5-11(15)7-9/h4,6,8-9,11H,3,5,7,15H2,1-2H3. The summed E-state index contributed by atoms with van der Waals surface area (Å²) >= 11 is 0. The Bertz CT molecular complexity index is 445. The van der Waals surface area contributed by atoms with Gasteiger partial charge in [0.05, 0.1) is 14.2 Å². The highest BCUT2D eigenvalue weighted by Crippen LogP contribution is 2.32. The number of hydrogen-bond acceptors (Lipinski definition) is 4. The molecule has 1 aliphatic carbocycles. The number of hydrogen-bond donors (Lipinski definition) is 1. The maximum Gasteiger partial charge on any atom is 0.166 e. The number of ketones is 1. The topological polar surface area (TPSA) is 61.5 Å². The molecule has 1 aromatic carbocycles. The molecule has 1 saturated carbocycles. The van der Waals surface area contributed by atoms with Gasteiger partial charge in [0.25, 0.3) is 0 Å². The van der Waals surface area contributed by atoms with Crippen molar-refractivity contribution in [1.29, 1.82) is 0 Å². The first kappa shape index (κ1) is 12.9. The van der Waals surface area contributed by atoms with Gasteiger partial charge in [0, 0.05) is 17.5 Å². The van der Waals surface area contributed by atoms with Crippen LogP contribution < -0.4 is 15.2 Å².